The van der Waals surface area contributed by atoms with Gasteiger partial charge < -0.3 is 4.74 Å². The number of ether oxygens (including phenoxy) is 1. The number of nitrogens with zero attached hydrogens (tertiary/aromatic N) is 1. The molecule has 1 fully saturated rings. The molecule has 0 aliphatic heterocycles. The van der Waals surface area contributed by atoms with Crippen molar-refractivity contribution >= 4 is 11.6 Å². The van der Waals surface area contributed by atoms with Crippen molar-refractivity contribution in [2.45, 2.75) is 73.1 Å². The van der Waals surface area contributed by atoms with Gasteiger partial charge in [-0.2, -0.15) is 5.10 Å². The lowest BCUT2D eigenvalue weighted by Gasteiger charge is -2.34. The summed E-state index contributed by atoms with van der Waals surface area (Å²) in [6.45, 7) is 13.2. The minimum Gasteiger partial charge on any atom is -0.483 e. The van der Waals surface area contributed by atoms with Gasteiger partial charge in [-0.1, -0.05) is 52.3 Å². The van der Waals surface area contributed by atoms with Gasteiger partial charge in [0.25, 0.3) is 5.91 Å². The summed E-state index contributed by atoms with van der Waals surface area (Å²) in [4.78, 5) is 12.1. The highest BCUT2D eigenvalue weighted by molar-refractivity contribution is 5.87. The molecule has 0 bridgehead atoms. The van der Waals surface area contributed by atoms with E-state index in [9.17, 15) is 4.79 Å². The molecule has 0 radical (unpaired) electrons. The van der Waals surface area contributed by atoms with Gasteiger partial charge in [0.2, 0.25) is 0 Å². The van der Waals surface area contributed by atoms with E-state index in [1.54, 1.807) is 0 Å². The summed E-state index contributed by atoms with van der Waals surface area (Å²) in [6.07, 6.45) is 4.24. The number of benzene rings is 1. The zero-order valence-electron chi connectivity index (χ0n) is 17.2. The molecule has 1 aliphatic rings. The molecule has 26 heavy (non-hydrogen) atoms. The third-order valence-corrected chi connectivity index (χ3v) is 5.27. The predicted molar refractivity (Wildman–Crippen MR) is 108 cm³/mol. The molecule has 0 heterocycles. The van der Waals surface area contributed by atoms with E-state index in [0.717, 1.165) is 48.6 Å². The summed E-state index contributed by atoms with van der Waals surface area (Å²) in [6, 6.07) is 6.07. The largest absolute Gasteiger partial charge is 0.483 e. The Balaban J connectivity index is 1.83. The summed E-state index contributed by atoms with van der Waals surface area (Å²) in [5.41, 5.74) is 6.43. The third-order valence-electron chi connectivity index (χ3n) is 5.27. The highest BCUT2D eigenvalue weighted by atomic mass is 16.5. The van der Waals surface area contributed by atoms with Crippen molar-refractivity contribution in [1.29, 1.82) is 0 Å². The average Bonchev–Trinajstić information content (AvgIpc) is 2.58. The van der Waals surface area contributed by atoms with Crippen molar-refractivity contribution in [2.24, 2.45) is 16.4 Å². The second-order valence-electron chi connectivity index (χ2n) is 8.84. The second-order valence-corrected chi connectivity index (χ2v) is 8.84. The zero-order valence-corrected chi connectivity index (χ0v) is 17.2. The Hall–Kier alpha value is -1.84. The molecule has 1 aliphatic carbocycles. The fourth-order valence-electron chi connectivity index (χ4n) is 3.50. The van der Waals surface area contributed by atoms with Crippen LogP contribution in [0.5, 0.6) is 5.75 Å². The van der Waals surface area contributed by atoms with Crippen LogP contribution >= 0.6 is 0 Å². The number of hydrazone groups is 1. The van der Waals surface area contributed by atoms with Gasteiger partial charge in [0.15, 0.2) is 6.61 Å². The van der Waals surface area contributed by atoms with Crippen LogP contribution in [0.3, 0.4) is 0 Å². The van der Waals surface area contributed by atoms with E-state index in [1.807, 2.05) is 12.1 Å². The molecule has 0 unspecified atom stereocenters. The summed E-state index contributed by atoms with van der Waals surface area (Å²) in [5.74, 6) is 1.66. The zero-order chi connectivity index (χ0) is 19.3. The molecular formula is C22H34N2O2. The number of aryl methyl sites for hydroxylation is 1. The Morgan fingerprint density at radius 1 is 1.27 bits per heavy atom. The highest BCUT2D eigenvalue weighted by Crippen LogP contribution is 2.36. The van der Waals surface area contributed by atoms with Crippen LogP contribution in [0, 0.1) is 18.3 Å². The summed E-state index contributed by atoms with van der Waals surface area (Å²) in [5, 5.41) is 4.32. The van der Waals surface area contributed by atoms with Crippen LogP contribution in [0.1, 0.15) is 77.3 Å². The SMILES string of the molecule is Cc1ccc(OCC(=O)NN=C2CCC(C(C)(C)C)CC2)c(C(C)C)c1. The van der Waals surface area contributed by atoms with Crippen LogP contribution in [-0.2, 0) is 4.79 Å². The van der Waals surface area contributed by atoms with Crippen LogP contribution in [-0.4, -0.2) is 18.2 Å². The highest BCUT2D eigenvalue weighted by Gasteiger charge is 2.28. The Labute approximate surface area is 158 Å². The van der Waals surface area contributed by atoms with Crippen LogP contribution in [0.25, 0.3) is 0 Å². The number of amides is 1. The van der Waals surface area contributed by atoms with E-state index in [2.05, 4.69) is 58.1 Å². The summed E-state index contributed by atoms with van der Waals surface area (Å²) < 4.78 is 5.74. The first kappa shape index (κ1) is 20.5. The molecule has 4 heteroatoms. The Morgan fingerprint density at radius 3 is 2.50 bits per heavy atom. The first-order valence-electron chi connectivity index (χ1n) is 9.74. The smallest absolute Gasteiger partial charge is 0.277 e. The maximum Gasteiger partial charge on any atom is 0.277 e. The first-order valence-corrected chi connectivity index (χ1v) is 9.74. The van der Waals surface area contributed by atoms with Crippen molar-refractivity contribution in [3.8, 4) is 5.75 Å². The summed E-state index contributed by atoms with van der Waals surface area (Å²) in [7, 11) is 0. The van der Waals surface area contributed by atoms with E-state index in [1.165, 1.54) is 5.56 Å². The van der Waals surface area contributed by atoms with Crippen molar-refractivity contribution in [2.75, 3.05) is 6.61 Å². The molecule has 1 saturated carbocycles. The second kappa shape index (κ2) is 8.70. The lowest BCUT2D eigenvalue weighted by atomic mass is 9.72. The molecule has 1 N–H and O–H groups in total. The van der Waals surface area contributed by atoms with E-state index in [-0.39, 0.29) is 12.5 Å². The molecule has 1 aromatic carbocycles. The van der Waals surface area contributed by atoms with Crippen molar-refractivity contribution < 1.29 is 9.53 Å². The number of nitrogens with one attached hydrogen (secondary N) is 1. The Bertz CT molecular complexity index is 647. The fourth-order valence-corrected chi connectivity index (χ4v) is 3.50. The Kier molecular flexibility index (Phi) is 6.85. The summed E-state index contributed by atoms with van der Waals surface area (Å²) >= 11 is 0. The van der Waals surface area contributed by atoms with E-state index < -0.39 is 0 Å². The molecule has 0 saturated heterocycles. The van der Waals surface area contributed by atoms with Crippen molar-refractivity contribution in [1.82, 2.24) is 5.43 Å². The molecule has 144 valence electrons. The number of hydrogen-bond donors (Lipinski definition) is 1. The van der Waals surface area contributed by atoms with Gasteiger partial charge in [0.05, 0.1) is 0 Å². The van der Waals surface area contributed by atoms with Crippen LogP contribution < -0.4 is 10.2 Å². The fraction of sp³-hybridized carbons (Fsp3) is 0.636. The predicted octanol–water partition coefficient (Wildman–Crippen LogP) is 5.21. The lowest BCUT2D eigenvalue weighted by Crippen LogP contribution is -2.29. The normalized spacial score (nSPS) is 18.0. The van der Waals surface area contributed by atoms with E-state index in [0.29, 0.717) is 11.3 Å². The number of carbonyl (C=O) groups is 1. The number of carbonyl (C=O) groups excluding carboxylic acids is 1. The van der Waals surface area contributed by atoms with Gasteiger partial charge in [0, 0.05) is 5.71 Å². The molecule has 4 nitrogen and oxygen atoms in total. The van der Waals surface area contributed by atoms with Gasteiger partial charge in [-0.25, -0.2) is 5.43 Å². The van der Waals surface area contributed by atoms with Gasteiger partial charge in [-0.3, -0.25) is 4.79 Å². The van der Waals surface area contributed by atoms with Crippen LogP contribution in [0.2, 0.25) is 0 Å². The van der Waals surface area contributed by atoms with Gasteiger partial charge in [-0.05, 0) is 61.5 Å². The first-order chi connectivity index (χ1) is 12.2. The van der Waals surface area contributed by atoms with Crippen molar-refractivity contribution in [3.05, 3.63) is 29.3 Å². The molecule has 1 amide bonds. The molecule has 0 aromatic heterocycles. The molecule has 0 spiro atoms. The van der Waals surface area contributed by atoms with Gasteiger partial charge in [-0.15, -0.1) is 0 Å². The van der Waals surface area contributed by atoms with Gasteiger partial charge in [0.1, 0.15) is 5.75 Å². The quantitative estimate of drug-likeness (QED) is 0.735. The Morgan fingerprint density at radius 2 is 1.92 bits per heavy atom. The van der Waals surface area contributed by atoms with Crippen LogP contribution in [0.15, 0.2) is 23.3 Å². The minimum atomic E-state index is -0.203. The number of hydrogen-bond acceptors (Lipinski definition) is 3. The van der Waals surface area contributed by atoms with E-state index >= 15 is 0 Å². The standard InChI is InChI=1S/C22H34N2O2/c1-15(2)19-13-16(3)7-12-20(19)26-14-21(25)24-23-18-10-8-17(9-11-18)22(4,5)6/h7,12-13,15,17H,8-11,14H2,1-6H3,(H,24,25). The topological polar surface area (TPSA) is 50.7 Å². The van der Waals surface area contributed by atoms with Crippen LogP contribution in [0.4, 0.5) is 0 Å². The molecule has 1 aromatic rings. The minimum absolute atomic E-state index is 0.00974. The molecular weight excluding hydrogens is 324 g/mol. The average molecular weight is 359 g/mol. The van der Waals surface area contributed by atoms with Gasteiger partial charge >= 0.3 is 0 Å². The third kappa shape index (κ3) is 5.86. The maximum absolute atomic E-state index is 12.1. The molecule has 2 rings (SSSR count). The monoisotopic (exact) mass is 358 g/mol. The van der Waals surface area contributed by atoms with Crippen molar-refractivity contribution in [3.63, 3.8) is 0 Å². The molecule has 0 atom stereocenters. The lowest BCUT2D eigenvalue weighted by molar-refractivity contribution is -0.123. The number of rotatable bonds is 5. The van der Waals surface area contributed by atoms with E-state index in [4.69, 9.17) is 4.74 Å². The maximum atomic E-state index is 12.1.